The van der Waals surface area contributed by atoms with Crippen molar-refractivity contribution in [3.05, 3.63) is 30.1 Å². The number of pyridine rings is 1. The van der Waals surface area contributed by atoms with Gasteiger partial charge in [-0.25, -0.2) is 0 Å². The van der Waals surface area contributed by atoms with E-state index < -0.39 is 22.9 Å². The van der Waals surface area contributed by atoms with Crippen LogP contribution in [0.5, 0.6) is 0 Å². The second-order valence-corrected chi connectivity index (χ2v) is 10.3. The maximum Gasteiger partial charge on any atom is 0.451 e. The van der Waals surface area contributed by atoms with Crippen molar-refractivity contribution in [2.45, 2.75) is 44.1 Å². The van der Waals surface area contributed by atoms with Crippen LogP contribution in [0.25, 0.3) is 0 Å². The molecule has 0 unspecified atom stereocenters. The zero-order valence-electron chi connectivity index (χ0n) is 16.9. The fourth-order valence-corrected chi connectivity index (χ4v) is 6.03. The summed E-state index contributed by atoms with van der Waals surface area (Å²) in [7, 11) is -4.98. The molecule has 0 saturated carbocycles. The predicted molar refractivity (Wildman–Crippen MR) is 112 cm³/mol. The summed E-state index contributed by atoms with van der Waals surface area (Å²) in [6.07, 6.45) is 5.59. The molecule has 2 fully saturated rings. The first kappa shape index (κ1) is 22.6. The van der Waals surface area contributed by atoms with Crippen molar-refractivity contribution in [2.75, 3.05) is 32.7 Å². The molecule has 9 nitrogen and oxygen atoms in total. The molecule has 2 aliphatic rings. The second kappa shape index (κ2) is 9.38. The van der Waals surface area contributed by atoms with E-state index in [2.05, 4.69) is 10.3 Å². The van der Waals surface area contributed by atoms with E-state index >= 15 is 0 Å². The van der Waals surface area contributed by atoms with Gasteiger partial charge in [0.05, 0.1) is 6.04 Å². The van der Waals surface area contributed by atoms with Crippen molar-refractivity contribution in [3.8, 4) is 0 Å². The van der Waals surface area contributed by atoms with Gasteiger partial charge in [0.25, 0.3) is 10.2 Å². The summed E-state index contributed by atoms with van der Waals surface area (Å²) in [5.74, 6) is -0.0161. The summed E-state index contributed by atoms with van der Waals surface area (Å²) >= 11 is 0. The quantitative estimate of drug-likeness (QED) is 0.355. The summed E-state index contributed by atoms with van der Waals surface area (Å²) in [5, 5.41) is 21.3. The van der Waals surface area contributed by atoms with E-state index in [1.54, 1.807) is 16.7 Å². The van der Waals surface area contributed by atoms with Gasteiger partial charge in [0.1, 0.15) is 0 Å². The van der Waals surface area contributed by atoms with Crippen LogP contribution in [0.3, 0.4) is 0 Å². The van der Waals surface area contributed by atoms with Gasteiger partial charge in [-0.3, -0.25) is 4.98 Å². The van der Waals surface area contributed by atoms with Gasteiger partial charge in [-0.05, 0) is 49.7 Å². The van der Waals surface area contributed by atoms with Crippen LogP contribution in [0.4, 0.5) is 0 Å². The first-order valence-electron chi connectivity index (χ1n) is 10.2. The van der Waals surface area contributed by atoms with E-state index in [4.69, 9.17) is 15.8 Å². The molecular formula is C18H32BN5O4S. The molecule has 2 atom stereocenters. The van der Waals surface area contributed by atoms with Gasteiger partial charge in [0, 0.05) is 50.7 Å². The molecule has 0 aliphatic carbocycles. The first-order chi connectivity index (χ1) is 13.7. The summed E-state index contributed by atoms with van der Waals surface area (Å²) in [6.45, 7) is 4.24. The third-order valence-electron chi connectivity index (χ3n) is 6.05. The van der Waals surface area contributed by atoms with Crippen molar-refractivity contribution in [1.82, 2.24) is 18.9 Å². The van der Waals surface area contributed by atoms with Gasteiger partial charge in [-0.2, -0.15) is 17.0 Å². The minimum atomic E-state index is -3.64. The molecule has 3 rings (SSSR count). The molecule has 0 radical (unpaired) electrons. The van der Waals surface area contributed by atoms with Crippen LogP contribution >= 0.6 is 0 Å². The fraction of sp³-hybridized carbons (Fsp3) is 0.722. The highest BCUT2D eigenvalue weighted by molar-refractivity contribution is 7.86. The normalized spacial score (nSPS) is 26.0. The number of rotatable bonds is 10. The predicted octanol–water partition coefficient (Wildman–Crippen LogP) is -0.955. The van der Waals surface area contributed by atoms with E-state index in [9.17, 15) is 8.42 Å². The van der Waals surface area contributed by atoms with Crippen molar-refractivity contribution in [2.24, 2.45) is 11.7 Å². The standard InChI is InChI=1S/C18H32BN5O4S/c1-18(20)14-23(13-16(18)3-2-7-19(25)26)29(27,28)24(17-11-22-12-17)10-6-15-4-8-21-9-5-15/h4-5,8-9,16-17,22,25-26H,2-3,6-7,10-14,20H2,1H3/t16-,18-/m0/s1. The summed E-state index contributed by atoms with van der Waals surface area (Å²) in [6, 6.07) is 3.76. The van der Waals surface area contributed by atoms with Crippen molar-refractivity contribution >= 4 is 17.3 Å². The molecule has 0 spiro atoms. The highest BCUT2D eigenvalue weighted by Crippen LogP contribution is 2.33. The molecule has 11 heteroatoms. The molecule has 0 amide bonds. The average molecular weight is 425 g/mol. The van der Waals surface area contributed by atoms with Gasteiger partial charge in [-0.1, -0.05) is 6.42 Å². The van der Waals surface area contributed by atoms with Gasteiger partial charge in [0.2, 0.25) is 0 Å². The van der Waals surface area contributed by atoms with Crippen molar-refractivity contribution in [1.29, 1.82) is 0 Å². The fourth-order valence-electron chi connectivity index (χ4n) is 4.07. The Morgan fingerprint density at radius 3 is 2.66 bits per heavy atom. The minimum Gasteiger partial charge on any atom is -0.427 e. The molecule has 2 saturated heterocycles. The molecule has 29 heavy (non-hydrogen) atoms. The Bertz CT molecular complexity index is 761. The Morgan fingerprint density at radius 1 is 1.38 bits per heavy atom. The topological polar surface area (TPSA) is 132 Å². The van der Waals surface area contributed by atoms with Crippen LogP contribution in [0, 0.1) is 5.92 Å². The van der Waals surface area contributed by atoms with E-state index in [-0.39, 0.29) is 24.8 Å². The summed E-state index contributed by atoms with van der Waals surface area (Å²) in [5.41, 5.74) is 6.86. The van der Waals surface area contributed by atoms with Gasteiger partial charge in [0.15, 0.2) is 0 Å². The molecule has 1 aromatic rings. The van der Waals surface area contributed by atoms with E-state index in [1.807, 2.05) is 19.1 Å². The zero-order valence-corrected chi connectivity index (χ0v) is 17.8. The van der Waals surface area contributed by atoms with Crippen LogP contribution in [0.15, 0.2) is 24.5 Å². The van der Waals surface area contributed by atoms with Gasteiger partial charge in [-0.15, -0.1) is 0 Å². The third kappa shape index (κ3) is 5.54. The average Bonchev–Trinajstić information content (AvgIpc) is 2.93. The number of aromatic nitrogens is 1. The highest BCUT2D eigenvalue weighted by Gasteiger charge is 2.47. The summed E-state index contributed by atoms with van der Waals surface area (Å²) in [4.78, 5) is 4.01. The molecule has 5 N–H and O–H groups in total. The minimum absolute atomic E-state index is 0.0161. The monoisotopic (exact) mass is 425 g/mol. The molecule has 0 bridgehead atoms. The SMILES string of the molecule is C[C@]1(N)CN(S(=O)(=O)N(CCc2ccncc2)C2CNC2)C[C@@H]1CCCB(O)O. The van der Waals surface area contributed by atoms with Crippen LogP contribution in [-0.2, 0) is 16.6 Å². The smallest absolute Gasteiger partial charge is 0.427 e. The number of nitrogens with one attached hydrogen (secondary N) is 1. The Kier molecular flexibility index (Phi) is 7.31. The van der Waals surface area contributed by atoms with E-state index in [0.29, 0.717) is 45.4 Å². The number of hydrogen-bond acceptors (Lipinski definition) is 7. The Balaban J connectivity index is 1.68. The van der Waals surface area contributed by atoms with Crippen molar-refractivity contribution in [3.63, 3.8) is 0 Å². The Labute approximate surface area is 173 Å². The van der Waals surface area contributed by atoms with Crippen LogP contribution in [0.2, 0.25) is 6.32 Å². The molecule has 0 aromatic carbocycles. The number of hydrogen-bond donors (Lipinski definition) is 4. The first-order valence-corrected chi connectivity index (χ1v) is 11.6. The van der Waals surface area contributed by atoms with Crippen LogP contribution < -0.4 is 11.1 Å². The van der Waals surface area contributed by atoms with E-state index in [1.165, 1.54) is 4.31 Å². The van der Waals surface area contributed by atoms with Crippen LogP contribution in [-0.4, -0.2) is 83.5 Å². The number of nitrogens with two attached hydrogens (primary N) is 1. The lowest BCUT2D eigenvalue weighted by Gasteiger charge is -2.39. The van der Waals surface area contributed by atoms with Gasteiger partial charge < -0.3 is 21.1 Å². The lowest BCUT2D eigenvalue weighted by atomic mass is 9.79. The highest BCUT2D eigenvalue weighted by atomic mass is 32.2. The lowest BCUT2D eigenvalue weighted by Crippen LogP contribution is -2.61. The molecule has 2 aliphatic heterocycles. The third-order valence-corrected chi connectivity index (χ3v) is 8.05. The van der Waals surface area contributed by atoms with Crippen LogP contribution in [0.1, 0.15) is 25.3 Å². The number of nitrogens with zero attached hydrogens (tertiary/aromatic N) is 3. The maximum atomic E-state index is 13.5. The Morgan fingerprint density at radius 2 is 2.07 bits per heavy atom. The largest absolute Gasteiger partial charge is 0.451 e. The summed E-state index contributed by atoms with van der Waals surface area (Å²) < 4.78 is 30.1. The Hall–Kier alpha value is -1.08. The maximum absolute atomic E-state index is 13.5. The second-order valence-electron chi connectivity index (χ2n) is 8.44. The van der Waals surface area contributed by atoms with E-state index in [0.717, 1.165) is 5.56 Å². The van der Waals surface area contributed by atoms with Gasteiger partial charge >= 0.3 is 7.12 Å². The lowest BCUT2D eigenvalue weighted by molar-refractivity contribution is 0.228. The molecular weight excluding hydrogens is 393 g/mol. The molecule has 162 valence electrons. The molecule has 1 aromatic heterocycles. The van der Waals surface area contributed by atoms with Crippen molar-refractivity contribution < 1.29 is 18.5 Å². The molecule has 3 heterocycles. The zero-order chi connectivity index (χ0) is 21.1.